The number of rotatable bonds is 4. The zero-order valence-corrected chi connectivity index (χ0v) is 11.5. The Labute approximate surface area is 114 Å². The van der Waals surface area contributed by atoms with E-state index in [4.69, 9.17) is 0 Å². The highest BCUT2D eigenvalue weighted by Gasteiger charge is 2.36. The lowest BCUT2D eigenvalue weighted by molar-refractivity contribution is -0.138. The Bertz CT molecular complexity index is 453. The van der Waals surface area contributed by atoms with Gasteiger partial charge in [-0.25, -0.2) is 0 Å². The molecule has 2 amide bonds. The van der Waals surface area contributed by atoms with Crippen molar-refractivity contribution in [3.8, 4) is 0 Å². The molecule has 1 saturated carbocycles. The summed E-state index contributed by atoms with van der Waals surface area (Å²) in [5, 5.41) is 0. The summed E-state index contributed by atoms with van der Waals surface area (Å²) in [4.78, 5) is 26.0. The molecule has 0 bridgehead atoms. The van der Waals surface area contributed by atoms with Gasteiger partial charge in [0.05, 0.1) is 11.1 Å². The SMILES string of the molecule is C=CC1=C(/C=C\C)C(=O)N(CC2CCCCC2)C1=O. The van der Waals surface area contributed by atoms with E-state index in [1.165, 1.54) is 30.2 Å². The fourth-order valence-corrected chi connectivity index (χ4v) is 2.93. The van der Waals surface area contributed by atoms with Crippen molar-refractivity contribution >= 4 is 11.8 Å². The maximum Gasteiger partial charge on any atom is 0.261 e. The molecule has 1 aliphatic heterocycles. The number of allylic oxidation sites excluding steroid dienone is 1. The first-order valence-corrected chi connectivity index (χ1v) is 7.04. The molecule has 1 heterocycles. The van der Waals surface area contributed by atoms with Gasteiger partial charge in [0.15, 0.2) is 0 Å². The van der Waals surface area contributed by atoms with E-state index in [2.05, 4.69) is 6.58 Å². The molecule has 2 aliphatic rings. The minimum Gasteiger partial charge on any atom is -0.274 e. The van der Waals surface area contributed by atoms with E-state index in [1.807, 2.05) is 6.92 Å². The van der Waals surface area contributed by atoms with E-state index in [-0.39, 0.29) is 11.8 Å². The average molecular weight is 259 g/mol. The number of carbonyl (C=O) groups is 2. The van der Waals surface area contributed by atoms with Gasteiger partial charge in [0.1, 0.15) is 0 Å². The first kappa shape index (κ1) is 13.8. The number of imide groups is 1. The van der Waals surface area contributed by atoms with Crippen molar-refractivity contribution in [2.75, 3.05) is 6.54 Å². The predicted molar refractivity (Wildman–Crippen MR) is 75.3 cm³/mol. The summed E-state index contributed by atoms with van der Waals surface area (Å²) in [5.41, 5.74) is 0.928. The van der Waals surface area contributed by atoms with Crippen LogP contribution in [0.15, 0.2) is 36.0 Å². The van der Waals surface area contributed by atoms with Crippen LogP contribution in [0.1, 0.15) is 39.0 Å². The minimum atomic E-state index is -0.182. The third kappa shape index (κ3) is 2.70. The van der Waals surface area contributed by atoms with Crippen molar-refractivity contribution in [1.29, 1.82) is 0 Å². The normalized spacial score (nSPS) is 21.8. The largest absolute Gasteiger partial charge is 0.274 e. The standard InChI is InChI=1S/C16H21NO2/c1-3-8-14-13(4-2)15(18)17(16(14)19)11-12-9-6-5-7-10-12/h3-4,8,12H,2,5-7,9-11H2,1H3/b8-3-. The smallest absolute Gasteiger partial charge is 0.261 e. The van der Waals surface area contributed by atoms with E-state index in [1.54, 1.807) is 12.2 Å². The lowest BCUT2D eigenvalue weighted by Gasteiger charge is -2.26. The molecule has 2 rings (SSSR count). The summed E-state index contributed by atoms with van der Waals surface area (Å²) in [5.74, 6) is 0.125. The topological polar surface area (TPSA) is 37.4 Å². The summed E-state index contributed by atoms with van der Waals surface area (Å²) < 4.78 is 0. The van der Waals surface area contributed by atoms with Gasteiger partial charge in [-0.05, 0) is 25.7 Å². The maximum absolute atomic E-state index is 12.3. The molecule has 3 heteroatoms. The van der Waals surface area contributed by atoms with Crippen molar-refractivity contribution in [3.63, 3.8) is 0 Å². The van der Waals surface area contributed by atoms with Gasteiger partial charge < -0.3 is 0 Å². The molecule has 0 aromatic rings. The second-order valence-corrected chi connectivity index (χ2v) is 5.26. The molecule has 0 saturated heterocycles. The van der Waals surface area contributed by atoms with Gasteiger partial charge in [-0.3, -0.25) is 14.5 Å². The molecule has 1 aliphatic carbocycles. The molecule has 102 valence electrons. The molecule has 1 fully saturated rings. The highest BCUT2D eigenvalue weighted by Crippen LogP contribution is 2.29. The number of amides is 2. The van der Waals surface area contributed by atoms with Crippen LogP contribution < -0.4 is 0 Å². The number of hydrogen-bond donors (Lipinski definition) is 0. The summed E-state index contributed by atoms with van der Waals surface area (Å²) in [6.45, 7) is 6.06. The monoisotopic (exact) mass is 259 g/mol. The van der Waals surface area contributed by atoms with Crippen LogP contribution >= 0.6 is 0 Å². The molecule has 0 spiro atoms. The van der Waals surface area contributed by atoms with E-state index in [0.717, 1.165) is 12.8 Å². The molecular formula is C16H21NO2. The van der Waals surface area contributed by atoms with Crippen LogP contribution in [-0.4, -0.2) is 23.3 Å². The average Bonchev–Trinajstić information content (AvgIpc) is 2.65. The van der Waals surface area contributed by atoms with Crippen molar-refractivity contribution in [1.82, 2.24) is 4.90 Å². The molecule has 19 heavy (non-hydrogen) atoms. The summed E-state index contributed by atoms with van der Waals surface area (Å²) in [6, 6.07) is 0. The van der Waals surface area contributed by atoms with Crippen LogP contribution in [0.4, 0.5) is 0 Å². The van der Waals surface area contributed by atoms with Crippen LogP contribution in [-0.2, 0) is 9.59 Å². The third-order valence-corrected chi connectivity index (χ3v) is 3.94. The summed E-state index contributed by atoms with van der Waals surface area (Å²) in [6.07, 6.45) is 10.9. The zero-order valence-electron chi connectivity index (χ0n) is 11.5. The van der Waals surface area contributed by atoms with Crippen LogP contribution in [0.25, 0.3) is 0 Å². The number of nitrogens with zero attached hydrogens (tertiary/aromatic N) is 1. The van der Waals surface area contributed by atoms with E-state index in [9.17, 15) is 9.59 Å². The van der Waals surface area contributed by atoms with Gasteiger partial charge >= 0.3 is 0 Å². The second-order valence-electron chi connectivity index (χ2n) is 5.26. The van der Waals surface area contributed by atoms with E-state index >= 15 is 0 Å². The van der Waals surface area contributed by atoms with Gasteiger partial charge in [-0.1, -0.05) is 44.1 Å². The molecule has 0 N–H and O–H groups in total. The summed E-state index contributed by atoms with van der Waals surface area (Å²) >= 11 is 0. The second kappa shape index (κ2) is 6.00. The molecule has 0 atom stereocenters. The van der Waals surface area contributed by atoms with Crippen molar-refractivity contribution < 1.29 is 9.59 Å². The molecule has 3 nitrogen and oxygen atoms in total. The first-order valence-electron chi connectivity index (χ1n) is 7.04. The molecular weight excluding hydrogens is 238 g/mol. The maximum atomic E-state index is 12.3. The van der Waals surface area contributed by atoms with Crippen molar-refractivity contribution in [2.24, 2.45) is 5.92 Å². The number of carbonyl (C=O) groups excluding carboxylic acids is 2. The van der Waals surface area contributed by atoms with Gasteiger partial charge in [0, 0.05) is 6.54 Å². The van der Waals surface area contributed by atoms with Crippen LogP contribution in [0.5, 0.6) is 0 Å². The van der Waals surface area contributed by atoms with Crippen molar-refractivity contribution in [2.45, 2.75) is 39.0 Å². The summed E-state index contributed by atoms with van der Waals surface area (Å²) in [7, 11) is 0. The zero-order chi connectivity index (χ0) is 13.8. The van der Waals surface area contributed by atoms with Gasteiger partial charge in [-0.15, -0.1) is 0 Å². The van der Waals surface area contributed by atoms with Crippen molar-refractivity contribution in [3.05, 3.63) is 36.0 Å². The Morgan fingerprint density at radius 1 is 1.16 bits per heavy atom. The van der Waals surface area contributed by atoms with Crippen LogP contribution in [0.3, 0.4) is 0 Å². The van der Waals surface area contributed by atoms with Gasteiger partial charge in [-0.2, -0.15) is 0 Å². The fraction of sp³-hybridized carbons (Fsp3) is 0.500. The molecule has 0 radical (unpaired) electrons. The van der Waals surface area contributed by atoms with Crippen LogP contribution in [0, 0.1) is 5.92 Å². The molecule has 0 aromatic carbocycles. The van der Waals surface area contributed by atoms with Gasteiger partial charge in [0.25, 0.3) is 11.8 Å². The third-order valence-electron chi connectivity index (χ3n) is 3.94. The Morgan fingerprint density at radius 3 is 2.37 bits per heavy atom. The fourth-order valence-electron chi connectivity index (χ4n) is 2.93. The van der Waals surface area contributed by atoms with Gasteiger partial charge in [0.2, 0.25) is 0 Å². The predicted octanol–water partition coefficient (Wildman–Crippen LogP) is 2.99. The van der Waals surface area contributed by atoms with Crippen LogP contribution in [0.2, 0.25) is 0 Å². The Hall–Kier alpha value is -1.64. The molecule has 0 aromatic heterocycles. The van der Waals surface area contributed by atoms with E-state index in [0.29, 0.717) is 23.6 Å². The molecule has 0 unspecified atom stereocenters. The minimum absolute atomic E-state index is 0.163. The Kier molecular flexibility index (Phi) is 4.35. The highest BCUT2D eigenvalue weighted by molar-refractivity contribution is 6.21. The van der Waals surface area contributed by atoms with E-state index < -0.39 is 0 Å². The first-order chi connectivity index (χ1) is 9.19. The Balaban J connectivity index is 2.14. The Morgan fingerprint density at radius 2 is 1.79 bits per heavy atom. The highest BCUT2D eigenvalue weighted by atomic mass is 16.2. The number of hydrogen-bond acceptors (Lipinski definition) is 2. The lowest BCUT2D eigenvalue weighted by atomic mass is 9.89. The quantitative estimate of drug-likeness (QED) is 0.728. The lowest BCUT2D eigenvalue weighted by Crippen LogP contribution is -2.36.